The van der Waals surface area contributed by atoms with E-state index in [0.29, 0.717) is 27.8 Å². The van der Waals surface area contributed by atoms with Crippen LogP contribution in [0.2, 0.25) is 5.02 Å². The van der Waals surface area contributed by atoms with Crippen LogP contribution in [0.15, 0.2) is 78.9 Å². The van der Waals surface area contributed by atoms with E-state index in [1.807, 2.05) is 30.3 Å². The SMILES string of the molecule is O=C1CS(=O)(=O)[C@@H](c2ccc(Oc3ccccc3)cc2)N1c1ccc(Cl)cc1. The third kappa shape index (κ3) is 3.61. The van der Waals surface area contributed by atoms with E-state index in [1.165, 1.54) is 4.90 Å². The summed E-state index contributed by atoms with van der Waals surface area (Å²) >= 11 is 5.91. The molecule has 1 atom stereocenters. The summed E-state index contributed by atoms with van der Waals surface area (Å²) in [5.41, 5.74) is 0.992. The molecule has 1 aliphatic heterocycles. The molecule has 3 aromatic carbocycles. The molecule has 3 aromatic rings. The van der Waals surface area contributed by atoms with E-state index in [2.05, 4.69) is 0 Å². The van der Waals surface area contributed by atoms with Crippen molar-refractivity contribution in [2.75, 3.05) is 10.7 Å². The van der Waals surface area contributed by atoms with Crippen LogP contribution >= 0.6 is 11.6 Å². The first-order valence-corrected chi connectivity index (χ1v) is 10.7. The minimum absolute atomic E-state index is 0.461. The molecule has 0 saturated carbocycles. The Kier molecular flexibility index (Phi) is 4.83. The number of ether oxygens (including phenoxy) is 1. The highest BCUT2D eigenvalue weighted by molar-refractivity contribution is 7.93. The standard InChI is InChI=1S/C21H16ClNO4S/c22-16-8-10-17(11-9-16)23-20(24)14-28(25,26)21(23)15-6-12-19(13-7-15)27-18-4-2-1-3-5-18/h1-13,21H,14H2/t21-/m0/s1. The first-order valence-electron chi connectivity index (χ1n) is 8.56. The lowest BCUT2D eigenvalue weighted by Crippen LogP contribution is -2.29. The van der Waals surface area contributed by atoms with E-state index in [1.54, 1.807) is 48.5 Å². The Morgan fingerprint density at radius 3 is 2.11 bits per heavy atom. The molecule has 7 heteroatoms. The van der Waals surface area contributed by atoms with Gasteiger partial charge in [0.1, 0.15) is 17.3 Å². The third-order valence-electron chi connectivity index (χ3n) is 4.42. The summed E-state index contributed by atoms with van der Waals surface area (Å²) in [6.45, 7) is 0. The van der Waals surface area contributed by atoms with Crippen molar-refractivity contribution in [3.05, 3.63) is 89.4 Å². The first-order chi connectivity index (χ1) is 13.4. The molecule has 142 valence electrons. The molecule has 0 aromatic heterocycles. The largest absolute Gasteiger partial charge is 0.457 e. The second kappa shape index (κ2) is 7.30. The van der Waals surface area contributed by atoms with Crippen LogP contribution in [0, 0.1) is 0 Å². The van der Waals surface area contributed by atoms with Gasteiger partial charge in [0.2, 0.25) is 5.91 Å². The fourth-order valence-electron chi connectivity index (χ4n) is 3.17. The zero-order chi connectivity index (χ0) is 19.7. The van der Waals surface area contributed by atoms with Crippen molar-refractivity contribution in [3.63, 3.8) is 0 Å². The van der Waals surface area contributed by atoms with Crippen molar-refractivity contribution in [1.82, 2.24) is 0 Å². The van der Waals surface area contributed by atoms with Crippen LogP contribution in [-0.4, -0.2) is 20.1 Å². The van der Waals surface area contributed by atoms with E-state index < -0.39 is 26.9 Å². The molecule has 0 bridgehead atoms. The molecule has 4 rings (SSSR count). The average molecular weight is 414 g/mol. The van der Waals surface area contributed by atoms with Gasteiger partial charge in [-0.3, -0.25) is 9.69 Å². The summed E-state index contributed by atoms with van der Waals surface area (Å²) in [6.07, 6.45) is 0. The van der Waals surface area contributed by atoms with E-state index >= 15 is 0 Å². The Labute approximate surface area is 168 Å². The van der Waals surface area contributed by atoms with Crippen LogP contribution in [0.3, 0.4) is 0 Å². The number of benzene rings is 3. The van der Waals surface area contributed by atoms with Gasteiger partial charge in [-0.05, 0) is 54.1 Å². The zero-order valence-corrected chi connectivity index (χ0v) is 16.2. The summed E-state index contributed by atoms with van der Waals surface area (Å²) in [5.74, 6) is 0.274. The summed E-state index contributed by atoms with van der Waals surface area (Å²) < 4.78 is 31.1. The molecule has 0 aliphatic carbocycles. The van der Waals surface area contributed by atoms with Gasteiger partial charge in [-0.1, -0.05) is 41.9 Å². The van der Waals surface area contributed by atoms with Crippen molar-refractivity contribution in [2.24, 2.45) is 0 Å². The van der Waals surface area contributed by atoms with Crippen molar-refractivity contribution < 1.29 is 17.9 Å². The molecule has 1 aliphatic rings. The predicted molar refractivity (Wildman–Crippen MR) is 108 cm³/mol. The van der Waals surface area contributed by atoms with Crippen molar-refractivity contribution in [2.45, 2.75) is 5.37 Å². The second-order valence-corrected chi connectivity index (χ2v) is 8.88. The lowest BCUT2D eigenvalue weighted by atomic mass is 10.1. The normalized spacial score (nSPS) is 18.2. The number of sulfone groups is 1. The molecule has 5 nitrogen and oxygen atoms in total. The van der Waals surface area contributed by atoms with Gasteiger partial charge in [0.05, 0.1) is 0 Å². The minimum Gasteiger partial charge on any atom is -0.457 e. The van der Waals surface area contributed by atoms with Crippen LogP contribution in [0.1, 0.15) is 10.9 Å². The summed E-state index contributed by atoms with van der Waals surface area (Å²) in [6, 6.07) is 22.5. The number of amides is 1. The Bertz CT molecular complexity index is 1100. The number of carbonyl (C=O) groups excluding carboxylic acids is 1. The molecule has 0 spiro atoms. The number of nitrogens with zero attached hydrogens (tertiary/aromatic N) is 1. The highest BCUT2D eigenvalue weighted by Crippen LogP contribution is 2.38. The predicted octanol–water partition coefficient (Wildman–Crippen LogP) is 4.59. The lowest BCUT2D eigenvalue weighted by Gasteiger charge is -2.24. The number of para-hydroxylation sites is 1. The molecular weight excluding hydrogens is 398 g/mol. The Hall–Kier alpha value is -2.83. The van der Waals surface area contributed by atoms with Gasteiger partial charge in [0.25, 0.3) is 0 Å². The first kappa shape index (κ1) is 18.5. The van der Waals surface area contributed by atoms with E-state index in [9.17, 15) is 13.2 Å². The minimum atomic E-state index is -3.67. The van der Waals surface area contributed by atoms with Gasteiger partial charge in [-0.2, -0.15) is 0 Å². The molecular formula is C21H16ClNO4S. The molecule has 0 N–H and O–H groups in total. The highest BCUT2D eigenvalue weighted by Gasteiger charge is 2.45. The van der Waals surface area contributed by atoms with Gasteiger partial charge in [0.15, 0.2) is 15.2 Å². The van der Waals surface area contributed by atoms with Crippen molar-refractivity contribution in [1.29, 1.82) is 0 Å². The van der Waals surface area contributed by atoms with E-state index in [0.717, 1.165) is 0 Å². The monoisotopic (exact) mass is 413 g/mol. The number of hydrogen-bond donors (Lipinski definition) is 0. The Morgan fingerprint density at radius 2 is 1.46 bits per heavy atom. The lowest BCUT2D eigenvalue weighted by molar-refractivity contribution is -0.115. The van der Waals surface area contributed by atoms with E-state index in [-0.39, 0.29) is 0 Å². The Morgan fingerprint density at radius 1 is 0.857 bits per heavy atom. The maximum absolute atomic E-state index is 12.7. The number of anilines is 1. The van der Waals surface area contributed by atoms with Crippen molar-refractivity contribution in [3.8, 4) is 11.5 Å². The molecule has 1 fully saturated rings. The fraction of sp³-hybridized carbons (Fsp3) is 0.0952. The number of carbonyl (C=O) groups is 1. The second-order valence-electron chi connectivity index (χ2n) is 6.38. The molecule has 28 heavy (non-hydrogen) atoms. The van der Waals surface area contributed by atoms with Crippen LogP contribution in [0.5, 0.6) is 11.5 Å². The zero-order valence-electron chi connectivity index (χ0n) is 14.7. The van der Waals surface area contributed by atoms with Crippen LogP contribution < -0.4 is 9.64 Å². The fourth-order valence-corrected chi connectivity index (χ4v) is 5.07. The Balaban J connectivity index is 1.66. The molecule has 0 radical (unpaired) electrons. The smallest absolute Gasteiger partial charge is 0.243 e. The van der Waals surface area contributed by atoms with Crippen molar-refractivity contribution >= 4 is 33.0 Å². The number of rotatable bonds is 4. The molecule has 1 saturated heterocycles. The maximum Gasteiger partial charge on any atom is 0.243 e. The molecule has 0 unspecified atom stereocenters. The van der Waals surface area contributed by atoms with Crippen LogP contribution in [0.4, 0.5) is 5.69 Å². The van der Waals surface area contributed by atoms with Gasteiger partial charge in [-0.15, -0.1) is 0 Å². The third-order valence-corrected chi connectivity index (χ3v) is 6.48. The van der Waals surface area contributed by atoms with Crippen LogP contribution in [0.25, 0.3) is 0 Å². The maximum atomic E-state index is 12.7. The highest BCUT2D eigenvalue weighted by atomic mass is 35.5. The summed E-state index contributed by atoms with van der Waals surface area (Å²) in [5, 5.41) is -0.566. The average Bonchev–Trinajstić information content (AvgIpc) is 2.92. The summed E-state index contributed by atoms with van der Waals surface area (Å²) in [4.78, 5) is 13.8. The van der Waals surface area contributed by atoms with E-state index in [4.69, 9.17) is 16.3 Å². The van der Waals surface area contributed by atoms with Crippen LogP contribution in [-0.2, 0) is 14.6 Å². The quantitative estimate of drug-likeness (QED) is 0.627. The number of hydrogen-bond acceptors (Lipinski definition) is 4. The molecule has 1 heterocycles. The number of halogens is 1. The molecule has 1 amide bonds. The van der Waals surface area contributed by atoms with Gasteiger partial charge >= 0.3 is 0 Å². The topological polar surface area (TPSA) is 63.7 Å². The van der Waals surface area contributed by atoms with Gasteiger partial charge in [0, 0.05) is 10.7 Å². The summed E-state index contributed by atoms with van der Waals surface area (Å²) in [7, 11) is -3.67. The van der Waals surface area contributed by atoms with Gasteiger partial charge < -0.3 is 4.74 Å². The van der Waals surface area contributed by atoms with Gasteiger partial charge in [-0.25, -0.2) is 8.42 Å².